The van der Waals surface area contributed by atoms with Crippen LogP contribution in [0.15, 0.2) is 33.8 Å². The lowest BCUT2D eigenvalue weighted by atomic mass is 10.2. The van der Waals surface area contributed by atoms with Crippen molar-refractivity contribution in [2.75, 3.05) is 0 Å². The molecule has 0 aliphatic heterocycles. The average Bonchev–Trinajstić information content (AvgIpc) is 2.58. The lowest BCUT2D eigenvalue weighted by Gasteiger charge is -1.85. The highest BCUT2D eigenvalue weighted by Gasteiger charge is 2.10. The lowest BCUT2D eigenvalue weighted by Crippen LogP contribution is -1.70. The molecule has 0 unspecified atom stereocenters. The molecule has 68 valence electrons. The second-order valence-corrected chi connectivity index (χ2v) is 2.62. The number of carbonyl (C=O) groups is 1. The SMILES string of the molecule is [N-]=[N+]=Nc1c(C=O)oc2ccccc12. The molecule has 5 nitrogen and oxygen atoms in total. The van der Waals surface area contributed by atoms with E-state index in [1.165, 1.54) is 0 Å². The van der Waals surface area contributed by atoms with Crippen molar-refractivity contribution in [3.8, 4) is 0 Å². The number of hydrogen-bond donors (Lipinski definition) is 0. The van der Waals surface area contributed by atoms with E-state index in [0.717, 1.165) is 0 Å². The van der Waals surface area contributed by atoms with Crippen LogP contribution in [-0.4, -0.2) is 6.29 Å². The third-order valence-electron chi connectivity index (χ3n) is 1.85. The summed E-state index contributed by atoms with van der Waals surface area (Å²) in [5, 5.41) is 4.07. The molecule has 0 saturated heterocycles. The first-order valence-corrected chi connectivity index (χ1v) is 3.88. The standard InChI is InChI=1S/C9H5N3O2/c10-12-11-9-6-3-1-2-4-7(6)14-8(9)5-13/h1-5H. The van der Waals surface area contributed by atoms with E-state index in [1.807, 2.05) is 0 Å². The molecule has 2 aromatic rings. The minimum atomic E-state index is 0.0593. The molecule has 0 N–H and O–H groups in total. The number of nitrogens with zero attached hydrogens (tertiary/aromatic N) is 3. The van der Waals surface area contributed by atoms with Crippen LogP contribution in [0.2, 0.25) is 0 Å². The summed E-state index contributed by atoms with van der Waals surface area (Å²) in [5.74, 6) is 0.0593. The minimum Gasteiger partial charge on any atom is -0.453 e. The highest BCUT2D eigenvalue weighted by molar-refractivity contribution is 5.97. The van der Waals surface area contributed by atoms with Gasteiger partial charge in [-0.05, 0) is 11.6 Å². The Bertz CT molecular complexity index is 538. The third-order valence-corrected chi connectivity index (χ3v) is 1.85. The lowest BCUT2D eigenvalue weighted by molar-refractivity contribution is 0.110. The Balaban J connectivity index is 2.86. The van der Waals surface area contributed by atoms with Gasteiger partial charge in [0.15, 0.2) is 12.0 Å². The van der Waals surface area contributed by atoms with Crippen LogP contribution in [0.5, 0.6) is 0 Å². The quantitative estimate of drug-likeness (QED) is 0.313. The summed E-state index contributed by atoms with van der Waals surface area (Å²) in [6, 6.07) is 7.00. The van der Waals surface area contributed by atoms with Gasteiger partial charge in [-0.1, -0.05) is 23.3 Å². The molecule has 14 heavy (non-hydrogen) atoms. The van der Waals surface area contributed by atoms with Crippen molar-refractivity contribution in [3.63, 3.8) is 0 Å². The fourth-order valence-corrected chi connectivity index (χ4v) is 1.28. The number of fused-ring (bicyclic) bond motifs is 1. The summed E-state index contributed by atoms with van der Waals surface area (Å²) in [4.78, 5) is 13.2. The molecule has 0 atom stereocenters. The zero-order valence-corrected chi connectivity index (χ0v) is 7.04. The van der Waals surface area contributed by atoms with E-state index in [0.29, 0.717) is 17.3 Å². The first-order valence-electron chi connectivity index (χ1n) is 3.88. The van der Waals surface area contributed by atoms with Crippen molar-refractivity contribution in [1.29, 1.82) is 0 Å². The van der Waals surface area contributed by atoms with Crippen LogP contribution in [0.1, 0.15) is 10.6 Å². The van der Waals surface area contributed by atoms with Gasteiger partial charge in [-0.15, -0.1) is 0 Å². The van der Waals surface area contributed by atoms with E-state index < -0.39 is 0 Å². The van der Waals surface area contributed by atoms with Crippen molar-refractivity contribution >= 4 is 22.9 Å². The Kier molecular flexibility index (Phi) is 1.93. The van der Waals surface area contributed by atoms with Gasteiger partial charge in [-0.25, -0.2) is 0 Å². The largest absolute Gasteiger partial charge is 0.453 e. The van der Waals surface area contributed by atoms with Crippen LogP contribution in [0, 0.1) is 0 Å². The Hall–Kier alpha value is -2.26. The molecule has 0 fully saturated rings. The highest BCUT2D eigenvalue weighted by atomic mass is 16.3. The van der Waals surface area contributed by atoms with Gasteiger partial charge in [-0.3, -0.25) is 4.79 Å². The molecule has 1 heterocycles. The van der Waals surface area contributed by atoms with E-state index in [-0.39, 0.29) is 11.4 Å². The number of carbonyl (C=O) groups excluding carboxylic acids is 1. The predicted octanol–water partition coefficient (Wildman–Crippen LogP) is 3.19. The number of aldehydes is 1. The molecule has 0 radical (unpaired) electrons. The van der Waals surface area contributed by atoms with Gasteiger partial charge in [0.05, 0.1) is 5.69 Å². The van der Waals surface area contributed by atoms with Crippen LogP contribution in [0.3, 0.4) is 0 Å². The highest BCUT2D eigenvalue weighted by Crippen LogP contribution is 2.31. The normalized spacial score (nSPS) is 9.71. The monoisotopic (exact) mass is 187 g/mol. The summed E-state index contributed by atoms with van der Waals surface area (Å²) in [6.07, 6.45) is 0.532. The van der Waals surface area contributed by atoms with Crippen molar-refractivity contribution in [2.24, 2.45) is 5.11 Å². The number of azide groups is 1. The molecule has 1 aromatic heterocycles. The smallest absolute Gasteiger partial charge is 0.185 e. The van der Waals surface area contributed by atoms with Gasteiger partial charge in [0.1, 0.15) is 5.58 Å². The second kappa shape index (κ2) is 3.24. The van der Waals surface area contributed by atoms with Crippen molar-refractivity contribution < 1.29 is 9.21 Å². The molecule has 5 heteroatoms. The Morgan fingerprint density at radius 1 is 1.43 bits per heavy atom. The molecular weight excluding hydrogens is 182 g/mol. The Morgan fingerprint density at radius 2 is 2.21 bits per heavy atom. The molecule has 0 saturated carbocycles. The van der Waals surface area contributed by atoms with Crippen LogP contribution >= 0.6 is 0 Å². The van der Waals surface area contributed by atoms with E-state index in [9.17, 15) is 4.79 Å². The third kappa shape index (κ3) is 1.12. The molecular formula is C9H5N3O2. The molecule has 0 spiro atoms. The number of benzene rings is 1. The van der Waals surface area contributed by atoms with E-state index >= 15 is 0 Å². The topological polar surface area (TPSA) is 79.0 Å². The minimum absolute atomic E-state index is 0.0593. The molecule has 1 aromatic carbocycles. The maximum atomic E-state index is 10.6. The first-order chi connectivity index (χ1) is 6.86. The van der Waals surface area contributed by atoms with Gasteiger partial charge in [0.25, 0.3) is 0 Å². The zero-order valence-electron chi connectivity index (χ0n) is 7.04. The van der Waals surface area contributed by atoms with Crippen molar-refractivity contribution in [2.45, 2.75) is 0 Å². The van der Waals surface area contributed by atoms with Crippen LogP contribution in [0.25, 0.3) is 21.4 Å². The van der Waals surface area contributed by atoms with Gasteiger partial charge in [0.2, 0.25) is 0 Å². The first kappa shape index (κ1) is 8.34. The van der Waals surface area contributed by atoms with Crippen LogP contribution in [0.4, 0.5) is 5.69 Å². The van der Waals surface area contributed by atoms with Gasteiger partial charge in [0, 0.05) is 10.3 Å². The summed E-state index contributed by atoms with van der Waals surface area (Å²) >= 11 is 0. The molecule has 0 aliphatic carbocycles. The number of furan rings is 1. The number of para-hydroxylation sites is 1. The van der Waals surface area contributed by atoms with E-state index in [4.69, 9.17) is 9.95 Å². The molecule has 0 bridgehead atoms. The Morgan fingerprint density at radius 3 is 2.93 bits per heavy atom. The Labute approximate surface area is 78.6 Å². The summed E-state index contributed by atoms with van der Waals surface area (Å²) in [5.41, 5.74) is 9.11. The maximum absolute atomic E-state index is 10.6. The molecule has 0 amide bonds. The number of rotatable bonds is 2. The molecule has 0 aliphatic rings. The van der Waals surface area contributed by atoms with Crippen molar-refractivity contribution in [1.82, 2.24) is 0 Å². The van der Waals surface area contributed by atoms with Gasteiger partial charge < -0.3 is 4.42 Å². The number of hydrogen-bond acceptors (Lipinski definition) is 3. The summed E-state index contributed by atoms with van der Waals surface area (Å²) in [6.45, 7) is 0. The van der Waals surface area contributed by atoms with Crippen LogP contribution in [-0.2, 0) is 0 Å². The fraction of sp³-hybridized carbons (Fsp3) is 0. The zero-order chi connectivity index (χ0) is 9.97. The van der Waals surface area contributed by atoms with E-state index in [2.05, 4.69) is 10.0 Å². The predicted molar refractivity (Wildman–Crippen MR) is 50.4 cm³/mol. The van der Waals surface area contributed by atoms with Crippen LogP contribution < -0.4 is 0 Å². The molecule has 2 rings (SSSR count). The van der Waals surface area contributed by atoms with Gasteiger partial charge >= 0.3 is 0 Å². The summed E-state index contributed by atoms with van der Waals surface area (Å²) < 4.78 is 5.17. The van der Waals surface area contributed by atoms with Gasteiger partial charge in [-0.2, -0.15) is 0 Å². The maximum Gasteiger partial charge on any atom is 0.185 e. The average molecular weight is 187 g/mol. The summed E-state index contributed by atoms with van der Waals surface area (Å²) in [7, 11) is 0. The van der Waals surface area contributed by atoms with Crippen molar-refractivity contribution in [3.05, 3.63) is 40.5 Å². The van der Waals surface area contributed by atoms with E-state index in [1.54, 1.807) is 24.3 Å². The fourth-order valence-electron chi connectivity index (χ4n) is 1.28. The second-order valence-electron chi connectivity index (χ2n) is 2.62.